The monoisotopic (exact) mass is 869 g/mol. The minimum atomic E-state index is -4.40. The molecule has 9 nitrogen and oxygen atoms in total. The van der Waals surface area contributed by atoms with Crippen LogP contribution in [-0.2, 0) is 32.7 Å². The van der Waals surface area contributed by atoms with E-state index >= 15 is 0 Å². The highest BCUT2D eigenvalue weighted by atomic mass is 31.2. The van der Waals surface area contributed by atoms with E-state index in [0.717, 1.165) is 32.1 Å². The Morgan fingerprint density at radius 3 is 1.42 bits per heavy atom. The topological polar surface area (TPSA) is 108 Å². The Labute approximate surface area is 370 Å². The highest BCUT2D eigenvalue weighted by molar-refractivity contribution is 7.47. The van der Waals surface area contributed by atoms with Crippen LogP contribution in [0.5, 0.6) is 0 Å². The van der Waals surface area contributed by atoms with Gasteiger partial charge in [0.1, 0.15) is 19.8 Å². The Hall–Kier alpha value is -1.77. The SMILES string of the molecule is CCCCCCCC/C=C/CCCCCCCCCCCCCC(=O)O[C@H](COC(=O)/C=C/C=C/CCCCCCCCCCCCC)COP(=O)(O)OCC[N+](C)(C)C. The maximum absolute atomic E-state index is 12.7. The molecule has 1 unspecified atom stereocenters. The summed E-state index contributed by atoms with van der Waals surface area (Å²) in [5, 5.41) is 0. The van der Waals surface area contributed by atoms with E-state index in [9.17, 15) is 19.0 Å². The standard InChI is InChI=1S/C50H94NO8P/c1-6-8-10-12-14-16-18-20-22-23-24-25-26-27-29-31-33-35-37-39-41-43-50(53)59-48(47-58-60(54,55)57-45-44-51(3,4)5)46-56-49(52)42-40-38-36-34-32-30-28-21-19-17-15-13-11-9-7-2/h20,22,36,38,40,42,48H,6-19,21,23-35,37,39,41,43-47H2,1-5H3/p+1/b22-20+,38-36+,42-40+/t48-/m1/s1. The Bertz CT molecular complexity index is 1120. The van der Waals surface area contributed by atoms with Gasteiger partial charge in [0.05, 0.1) is 27.7 Å². The van der Waals surface area contributed by atoms with Crippen LogP contribution in [0.3, 0.4) is 0 Å². The second-order valence-electron chi connectivity index (χ2n) is 17.9. The van der Waals surface area contributed by atoms with Crippen molar-refractivity contribution in [1.82, 2.24) is 0 Å². The molecule has 0 aliphatic rings. The van der Waals surface area contributed by atoms with Crippen LogP contribution in [0.1, 0.15) is 219 Å². The fourth-order valence-corrected chi connectivity index (χ4v) is 7.61. The van der Waals surface area contributed by atoms with E-state index < -0.39 is 32.5 Å². The number of quaternary nitrogens is 1. The van der Waals surface area contributed by atoms with Gasteiger partial charge in [-0.05, 0) is 44.9 Å². The van der Waals surface area contributed by atoms with Gasteiger partial charge in [0, 0.05) is 12.5 Å². The Balaban J connectivity index is 4.33. The molecule has 0 heterocycles. The molecule has 0 saturated carbocycles. The maximum Gasteiger partial charge on any atom is 0.472 e. The number of carbonyl (C=O) groups is 2. The number of ether oxygens (including phenoxy) is 2. The van der Waals surface area contributed by atoms with E-state index in [-0.39, 0.29) is 19.6 Å². The van der Waals surface area contributed by atoms with Crippen molar-refractivity contribution in [2.75, 3.05) is 47.5 Å². The quantitative estimate of drug-likeness (QED) is 0.0123. The normalized spacial score (nSPS) is 13.8. The average molecular weight is 869 g/mol. The molecule has 0 radical (unpaired) electrons. The van der Waals surface area contributed by atoms with Crippen molar-refractivity contribution < 1.29 is 42.1 Å². The average Bonchev–Trinajstić information content (AvgIpc) is 3.20. The number of carbonyl (C=O) groups excluding carboxylic acids is 2. The van der Waals surface area contributed by atoms with Crippen LogP contribution in [0, 0.1) is 0 Å². The van der Waals surface area contributed by atoms with Gasteiger partial charge in [0.25, 0.3) is 0 Å². The Morgan fingerprint density at radius 1 is 0.550 bits per heavy atom. The van der Waals surface area contributed by atoms with Crippen LogP contribution in [0.2, 0.25) is 0 Å². The van der Waals surface area contributed by atoms with Gasteiger partial charge in [-0.2, -0.15) is 0 Å². The smallest absolute Gasteiger partial charge is 0.458 e. The fraction of sp³-hybridized carbons (Fsp3) is 0.840. The Morgan fingerprint density at radius 2 is 0.967 bits per heavy atom. The number of rotatable bonds is 45. The summed E-state index contributed by atoms with van der Waals surface area (Å²) in [6.07, 6.45) is 49.7. The maximum atomic E-state index is 12.7. The van der Waals surface area contributed by atoms with Gasteiger partial charge in [-0.25, -0.2) is 9.36 Å². The van der Waals surface area contributed by atoms with Crippen molar-refractivity contribution in [3.63, 3.8) is 0 Å². The lowest BCUT2D eigenvalue weighted by atomic mass is 10.0. The van der Waals surface area contributed by atoms with E-state index in [1.807, 2.05) is 33.3 Å². The molecule has 0 aromatic heterocycles. The van der Waals surface area contributed by atoms with Crippen LogP contribution >= 0.6 is 7.82 Å². The first-order valence-corrected chi connectivity index (χ1v) is 26.3. The number of phosphoric acid groups is 1. The Kier molecular flexibility index (Phi) is 41.3. The molecule has 0 rings (SSSR count). The molecule has 0 aliphatic carbocycles. The number of phosphoric ester groups is 1. The summed E-state index contributed by atoms with van der Waals surface area (Å²) in [6.45, 7) is 4.31. The second kappa shape index (κ2) is 42.5. The molecule has 0 aliphatic heterocycles. The summed E-state index contributed by atoms with van der Waals surface area (Å²) < 4.78 is 34.2. The molecule has 0 spiro atoms. The first-order valence-electron chi connectivity index (χ1n) is 24.8. The van der Waals surface area contributed by atoms with Gasteiger partial charge in [-0.1, -0.05) is 198 Å². The number of nitrogens with zero attached hydrogens (tertiary/aromatic N) is 1. The van der Waals surface area contributed by atoms with E-state index in [2.05, 4.69) is 26.0 Å². The number of likely N-dealkylation sites (N-methyl/N-ethyl adjacent to an activating group) is 1. The first kappa shape index (κ1) is 58.2. The lowest BCUT2D eigenvalue weighted by Crippen LogP contribution is -2.37. The van der Waals surface area contributed by atoms with Gasteiger partial charge < -0.3 is 18.9 Å². The molecule has 0 fully saturated rings. The van der Waals surface area contributed by atoms with E-state index in [1.165, 1.54) is 167 Å². The van der Waals surface area contributed by atoms with E-state index in [0.29, 0.717) is 17.4 Å². The number of unbranched alkanes of at least 4 members (excludes halogenated alkanes) is 28. The van der Waals surface area contributed by atoms with Gasteiger partial charge in [-0.15, -0.1) is 0 Å². The third-order valence-corrected chi connectivity index (χ3v) is 11.7. The number of allylic oxidation sites excluding steroid dienone is 5. The molecule has 60 heavy (non-hydrogen) atoms. The molecule has 1 N–H and O–H groups in total. The molecule has 0 aromatic rings. The van der Waals surface area contributed by atoms with Crippen LogP contribution in [0.4, 0.5) is 0 Å². The van der Waals surface area contributed by atoms with Crippen LogP contribution in [-0.4, -0.2) is 74.9 Å². The molecule has 352 valence electrons. The zero-order valence-electron chi connectivity index (χ0n) is 39.7. The van der Waals surface area contributed by atoms with Crippen molar-refractivity contribution in [3.8, 4) is 0 Å². The predicted molar refractivity (Wildman–Crippen MR) is 252 cm³/mol. The molecule has 10 heteroatoms. The molecular formula is C50H95NO8P+. The predicted octanol–water partition coefficient (Wildman–Crippen LogP) is 14.5. The number of esters is 2. The van der Waals surface area contributed by atoms with Crippen LogP contribution in [0.15, 0.2) is 36.5 Å². The highest BCUT2D eigenvalue weighted by Gasteiger charge is 2.27. The van der Waals surface area contributed by atoms with Crippen LogP contribution in [0.25, 0.3) is 0 Å². The summed E-state index contributed by atoms with van der Waals surface area (Å²) in [4.78, 5) is 35.3. The van der Waals surface area contributed by atoms with Gasteiger partial charge in [-0.3, -0.25) is 13.8 Å². The first-order chi connectivity index (χ1) is 29.0. The van der Waals surface area contributed by atoms with Crippen molar-refractivity contribution in [3.05, 3.63) is 36.5 Å². The molecule has 0 saturated heterocycles. The third kappa shape index (κ3) is 45.7. The molecule has 0 bridgehead atoms. The molecule has 2 atom stereocenters. The van der Waals surface area contributed by atoms with E-state index in [4.69, 9.17) is 18.5 Å². The van der Waals surface area contributed by atoms with Gasteiger partial charge in [0.15, 0.2) is 6.10 Å². The van der Waals surface area contributed by atoms with Crippen molar-refractivity contribution in [1.29, 1.82) is 0 Å². The number of hydrogen-bond acceptors (Lipinski definition) is 7. The largest absolute Gasteiger partial charge is 0.472 e. The minimum Gasteiger partial charge on any atom is -0.458 e. The molecule has 0 amide bonds. The van der Waals surface area contributed by atoms with Gasteiger partial charge in [0.2, 0.25) is 0 Å². The summed E-state index contributed by atoms with van der Waals surface area (Å²) in [6, 6.07) is 0. The summed E-state index contributed by atoms with van der Waals surface area (Å²) in [5.74, 6) is -1.05. The van der Waals surface area contributed by atoms with Crippen molar-refractivity contribution in [2.24, 2.45) is 0 Å². The zero-order valence-corrected chi connectivity index (χ0v) is 40.6. The van der Waals surface area contributed by atoms with E-state index in [1.54, 1.807) is 6.08 Å². The minimum absolute atomic E-state index is 0.0196. The summed E-state index contributed by atoms with van der Waals surface area (Å²) in [7, 11) is 1.44. The molecular weight excluding hydrogens is 774 g/mol. The van der Waals surface area contributed by atoms with Crippen LogP contribution < -0.4 is 0 Å². The van der Waals surface area contributed by atoms with Crippen molar-refractivity contribution in [2.45, 2.75) is 225 Å². The summed E-state index contributed by atoms with van der Waals surface area (Å²) in [5.41, 5.74) is 0. The number of hydrogen-bond donors (Lipinski definition) is 1. The van der Waals surface area contributed by atoms with Crippen molar-refractivity contribution >= 4 is 19.8 Å². The van der Waals surface area contributed by atoms with Gasteiger partial charge >= 0.3 is 19.8 Å². The second-order valence-corrected chi connectivity index (χ2v) is 19.4. The highest BCUT2D eigenvalue weighted by Crippen LogP contribution is 2.43. The lowest BCUT2D eigenvalue weighted by molar-refractivity contribution is -0.870. The third-order valence-electron chi connectivity index (χ3n) is 10.7. The summed E-state index contributed by atoms with van der Waals surface area (Å²) >= 11 is 0. The lowest BCUT2D eigenvalue weighted by Gasteiger charge is -2.24. The fourth-order valence-electron chi connectivity index (χ4n) is 6.86. The zero-order chi connectivity index (χ0) is 44.3. The molecule has 0 aromatic carbocycles.